The molecule has 1 spiro atoms. The Morgan fingerprint density at radius 1 is 1.45 bits per heavy atom. The lowest BCUT2D eigenvalue weighted by molar-refractivity contribution is -0.132. The monoisotopic (exact) mass is 281 g/mol. The Morgan fingerprint density at radius 2 is 2.25 bits per heavy atom. The van der Waals surface area contributed by atoms with Crippen LogP contribution in [0.2, 0.25) is 0 Å². The first-order valence-electron chi connectivity index (χ1n) is 7.48. The highest BCUT2D eigenvalue weighted by Gasteiger charge is 2.55. The van der Waals surface area contributed by atoms with Crippen LogP contribution in [0.4, 0.5) is 4.79 Å². The number of urea groups is 1. The zero-order chi connectivity index (χ0) is 14.3. The highest BCUT2D eigenvalue weighted by molar-refractivity contribution is 6.07. The number of hydrogen-bond acceptors (Lipinski definition) is 4. The highest BCUT2D eigenvalue weighted by atomic mass is 16.5. The molecule has 0 aliphatic carbocycles. The van der Waals surface area contributed by atoms with E-state index in [2.05, 4.69) is 10.2 Å². The van der Waals surface area contributed by atoms with Crippen molar-refractivity contribution in [3.05, 3.63) is 0 Å². The molecule has 3 heterocycles. The van der Waals surface area contributed by atoms with Crippen LogP contribution in [0.5, 0.6) is 0 Å². The molecule has 3 fully saturated rings. The highest BCUT2D eigenvalue weighted by Crippen LogP contribution is 2.30. The molecule has 3 saturated heterocycles. The van der Waals surface area contributed by atoms with E-state index >= 15 is 0 Å². The standard InChI is InChI=1S/C14H23N3O3/c1-10(2)17-12(18)14(15-13(17)19)4-5-16(9-14)7-11-3-6-20-8-11/h10-11H,3-9H2,1-2H3,(H,15,19)/t11-,14+/m1/s1. The minimum Gasteiger partial charge on any atom is -0.381 e. The lowest BCUT2D eigenvalue weighted by Gasteiger charge is -2.24. The Kier molecular flexibility index (Phi) is 3.46. The zero-order valence-corrected chi connectivity index (χ0v) is 12.2. The Morgan fingerprint density at radius 3 is 2.85 bits per heavy atom. The summed E-state index contributed by atoms with van der Waals surface area (Å²) in [5.74, 6) is 0.515. The van der Waals surface area contributed by atoms with E-state index in [0.717, 1.165) is 32.7 Å². The van der Waals surface area contributed by atoms with E-state index in [1.807, 2.05) is 13.8 Å². The van der Waals surface area contributed by atoms with Gasteiger partial charge in [-0.25, -0.2) is 4.79 Å². The maximum Gasteiger partial charge on any atom is 0.325 e. The molecule has 2 atom stereocenters. The number of likely N-dealkylation sites (tertiary alicyclic amines) is 1. The van der Waals surface area contributed by atoms with Crippen molar-refractivity contribution in [3.8, 4) is 0 Å². The van der Waals surface area contributed by atoms with Crippen molar-refractivity contribution >= 4 is 11.9 Å². The van der Waals surface area contributed by atoms with Gasteiger partial charge in [0.2, 0.25) is 0 Å². The van der Waals surface area contributed by atoms with Crippen LogP contribution in [0.15, 0.2) is 0 Å². The molecule has 6 nitrogen and oxygen atoms in total. The van der Waals surface area contributed by atoms with Crippen LogP contribution >= 0.6 is 0 Å². The van der Waals surface area contributed by atoms with Gasteiger partial charge in [0, 0.05) is 32.3 Å². The van der Waals surface area contributed by atoms with Crippen molar-refractivity contribution in [1.82, 2.24) is 15.1 Å². The van der Waals surface area contributed by atoms with Crippen molar-refractivity contribution in [3.63, 3.8) is 0 Å². The van der Waals surface area contributed by atoms with Crippen LogP contribution in [-0.2, 0) is 9.53 Å². The van der Waals surface area contributed by atoms with Crippen LogP contribution in [0.25, 0.3) is 0 Å². The summed E-state index contributed by atoms with van der Waals surface area (Å²) in [5, 5.41) is 2.93. The van der Waals surface area contributed by atoms with Gasteiger partial charge in [0.15, 0.2) is 0 Å². The maximum atomic E-state index is 12.6. The van der Waals surface area contributed by atoms with Gasteiger partial charge in [0.1, 0.15) is 5.54 Å². The molecule has 3 amide bonds. The van der Waals surface area contributed by atoms with Gasteiger partial charge in [-0.15, -0.1) is 0 Å². The number of carbonyl (C=O) groups excluding carboxylic acids is 2. The number of carbonyl (C=O) groups is 2. The summed E-state index contributed by atoms with van der Waals surface area (Å²) in [7, 11) is 0. The van der Waals surface area contributed by atoms with Crippen LogP contribution in [-0.4, -0.2) is 66.2 Å². The number of nitrogens with one attached hydrogen (secondary N) is 1. The third kappa shape index (κ3) is 2.20. The average Bonchev–Trinajstić information content (AvgIpc) is 3.04. The second-order valence-electron chi connectivity index (χ2n) is 6.50. The van der Waals surface area contributed by atoms with Gasteiger partial charge < -0.3 is 10.1 Å². The summed E-state index contributed by atoms with van der Waals surface area (Å²) >= 11 is 0. The Balaban J connectivity index is 1.66. The lowest BCUT2D eigenvalue weighted by Crippen LogP contribution is -2.50. The van der Waals surface area contributed by atoms with Crippen LogP contribution in [0.1, 0.15) is 26.7 Å². The molecule has 0 saturated carbocycles. The predicted molar refractivity (Wildman–Crippen MR) is 73.2 cm³/mol. The molecule has 0 unspecified atom stereocenters. The quantitative estimate of drug-likeness (QED) is 0.762. The normalized spacial score (nSPS) is 34.8. The summed E-state index contributed by atoms with van der Waals surface area (Å²) in [6.45, 7) is 7.89. The molecular formula is C14H23N3O3. The molecule has 3 aliphatic rings. The molecule has 3 rings (SSSR count). The molecule has 0 aromatic rings. The number of nitrogens with zero attached hydrogens (tertiary/aromatic N) is 2. The molecule has 1 N–H and O–H groups in total. The van der Waals surface area contributed by atoms with E-state index in [0.29, 0.717) is 18.9 Å². The van der Waals surface area contributed by atoms with E-state index in [1.54, 1.807) is 0 Å². The molecule has 0 radical (unpaired) electrons. The number of hydrogen-bond donors (Lipinski definition) is 1. The first-order valence-corrected chi connectivity index (χ1v) is 7.48. The van der Waals surface area contributed by atoms with Crippen molar-refractivity contribution in [2.75, 3.05) is 32.8 Å². The summed E-state index contributed by atoms with van der Waals surface area (Å²) in [4.78, 5) is 28.2. The van der Waals surface area contributed by atoms with Crippen molar-refractivity contribution in [2.45, 2.75) is 38.3 Å². The van der Waals surface area contributed by atoms with Gasteiger partial charge in [0.05, 0.1) is 6.61 Å². The summed E-state index contributed by atoms with van der Waals surface area (Å²) in [5.41, 5.74) is -0.680. The summed E-state index contributed by atoms with van der Waals surface area (Å²) in [6.07, 6.45) is 1.82. The smallest absolute Gasteiger partial charge is 0.325 e. The fourth-order valence-corrected chi connectivity index (χ4v) is 3.52. The number of amides is 3. The van der Waals surface area contributed by atoms with E-state index in [1.165, 1.54) is 4.90 Å². The van der Waals surface area contributed by atoms with Crippen LogP contribution in [0.3, 0.4) is 0 Å². The van der Waals surface area contributed by atoms with Gasteiger partial charge in [-0.1, -0.05) is 0 Å². The predicted octanol–water partition coefficient (Wildman–Crippen LogP) is 0.428. The first kappa shape index (κ1) is 13.8. The minimum atomic E-state index is -0.680. The molecule has 3 aliphatic heterocycles. The number of ether oxygens (including phenoxy) is 1. The molecule has 6 heteroatoms. The van der Waals surface area contributed by atoms with Gasteiger partial charge in [0.25, 0.3) is 5.91 Å². The Labute approximate surface area is 119 Å². The fraction of sp³-hybridized carbons (Fsp3) is 0.857. The lowest BCUT2D eigenvalue weighted by atomic mass is 9.98. The largest absolute Gasteiger partial charge is 0.381 e. The fourth-order valence-electron chi connectivity index (χ4n) is 3.52. The minimum absolute atomic E-state index is 0.0531. The third-order valence-electron chi connectivity index (χ3n) is 4.60. The van der Waals surface area contributed by atoms with Crippen molar-refractivity contribution in [2.24, 2.45) is 5.92 Å². The van der Waals surface area contributed by atoms with Gasteiger partial charge in [-0.2, -0.15) is 0 Å². The Hall–Kier alpha value is -1.14. The SMILES string of the molecule is CC(C)N1C(=O)N[C@]2(CCN(C[C@H]3CCOC3)C2)C1=O. The van der Waals surface area contributed by atoms with E-state index < -0.39 is 5.54 Å². The zero-order valence-electron chi connectivity index (χ0n) is 12.2. The second kappa shape index (κ2) is 5.00. The van der Waals surface area contributed by atoms with E-state index in [9.17, 15) is 9.59 Å². The first-order chi connectivity index (χ1) is 9.52. The van der Waals surface area contributed by atoms with Crippen LogP contribution < -0.4 is 5.32 Å². The van der Waals surface area contributed by atoms with Gasteiger partial charge in [-0.05, 0) is 32.6 Å². The van der Waals surface area contributed by atoms with Gasteiger partial charge >= 0.3 is 6.03 Å². The van der Waals surface area contributed by atoms with Crippen molar-refractivity contribution < 1.29 is 14.3 Å². The summed E-state index contributed by atoms with van der Waals surface area (Å²) in [6, 6.07) is -0.324. The maximum absolute atomic E-state index is 12.6. The molecule has 0 aromatic heterocycles. The van der Waals surface area contributed by atoms with Crippen LogP contribution in [0, 0.1) is 5.92 Å². The third-order valence-corrected chi connectivity index (χ3v) is 4.60. The molecule has 112 valence electrons. The molecular weight excluding hydrogens is 258 g/mol. The number of rotatable bonds is 3. The second-order valence-corrected chi connectivity index (χ2v) is 6.50. The van der Waals surface area contributed by atoms with Gasteiger partial charge in [-0.3, -0.25) is 14.6 Å². The topological polar surface area (TPSA) is 61.9 Å². The van der Waals surface area contributed by atoms with E-state index in [-0.39, 0.29) is 18.0 Å². The molecule has 0 bridgehead atoms. The number of imide groups is 1. The Bertz CT molecular complexity index is 420. The summed E-state index contributed by atoms with van der Waals surface area (Å²) < 4.78 is 5.40. The molecule has 0 aromatic carbocycles. The van der Waals surface area contributed by atoms with Crippen molar-refractivity contribution in [1.29, 1.82) is 0 Å². The van der Waals surface area contributed by atoms with E-state index in [4.69, 9.17) is 4.74 Å². The average molecular weight is 281 g/mol. The molecule has 20 heavy (non-hydrogen) atoms.